The number of amides is 1. The van der Waals surface area contributed by atoms with Crippen LogP contribution in [0.4, 0.5) is 5.82 Å². The number of rotatable bonds is 6. The Hall–Kier alpha value is -4.01. The third-order valence-corrected chi connectivity index (χ3v) is 4.18. The summed E-state index contributed by atoms with van der Waals surface area (Å²) in [4.78, 5) is 32.7. The lowest BCUT2D eigenvalue weighted by Crippen LogP contribution is -2.29. The Morgan fingerprint density at radius 1 is 1.14 bits per heavy atom. The molecule has 0 saturated carbocycles. The van der Waals surface area contributed by atoms with Gasteiger partial charge in [-0.05, 0) is 25.1 Å². The Balaban J connectivity index is 1.35. The molecule has 0 unspecified atom stereocenters. The molecule has 0 bridgehead atoms. The molecular formula is C20H18N6O3. The van der Waals surface area contributed by atoms with Crippen LogP contribution in [0.2, 0.25) is 0 Å². The topological polar surface area (TPSA) is 115 Å². The standard InChI is InChI=1S/C20H18N6O3/c1-13-6-9-26(25-13)19-11-18(23-12-24-19)21-7-8-22-20(28)17-10-15(27)14-4-2-3-5-16(14)29-17/h2-6,9-12H,7-8H2,1H3,(H,22,28)(H,21,23,24). The maximum atomic E-state index is 12.3. The molecular weight excluding hydrogens is 372 g/mol. The van der Waals surface area contributed by atoms with Crippen LogP contribution >= 0.6 is 0 Å². The van der Waals surface area contributed by atoms with Crippen molar-refractivity contribution in [1.82, 2.24) is 25.1 Å². The lowest BCUT2D eigenvalue weighted by atomic mass is 10.2. The second kappa shape index (κ2) is 7.93. The zero-order valence-electron chi connectivity index (χ0n) is 15.6. The van der Waals surface area contributed by atoms with Crippen LogP contribution in [-0.2, 0) is 0 Å². The zero-order valence-corrected chi connectivity index (χ0v) is 15.6. The zero-order chi connectivity index (χ0) is 20.2. The molecule has 0 saturated heterocycles. The Kier molecular flexibility index (Phi) is 5.02. The molecule has 0 atom stereocenters. The van der Waals surface area contributed by atoms with Crippen LogP contribution in [0, 0.1) is 6.92 Å². The van der Waals surface area contributed by atoms with E-state index in [9.17, 15) is 9.59 Å². The van der Waals surface area contributed by atoms with Gasteiger partial charge in [0.1, 0.15) is 17.7 Å². The van der Waals surface area contributed by atoms with E-state index in [1.165, 1.54) is 12.4 Å². The van der Waals surface area contributed by atoms with Crippen molar-refractivity contribution in [3.8, 4) is 5.82 Å². The molecule has 9 heteroatoms. The minimum atomic E-state index is -0.454. The van der Waals surface area contributed by atoms with E-state index < -0.39 is 5.91 Å². The highest BCUT2D eigenvalue weighted by atomic mass is 16.3. The van der Waals surface area contributed by atoms with Crippen molar-refractivity contribution >= 4 is 22.7 Å². The van der Waals surface area contributed by atoms with Crippen LogP contribution in [0.15, 0.2) is 64.2 Å². The third-order valence-electron chi connectivity index (χ3n) is 4.18. The molecule has 0 aliphatic heterocycles. The van der Waals surface area contributed by atoms with E-state index in [1.54, 1.807) is 35.0 Å². The highest BCUT2D eigenvalue weighted by Crippen LogP contribution is 2.11. The molecule has 29 heavy (non-hydrogen) atoms. The highest BCUT2D eigenvalue weighted by Gasteiger charge is 2.11. The summed E-state index contributed by atoms with van der Waals surface area (Å²) in [6.45, 7) is 2.64. The minimum Gasteiger partial charge on any atom is -0.451 e. The largest absolute Gasteiger partial charge is 0.451 e. The fraction of sp³-hybridized carbons (Fsp3) is 0.150. The summed E-state index contributed by atoms with van der Waals surface area (Å²) in [6, 6.07) is 11.7. The van der Waals surface area contributed by atoms with Crippen molar-refractivity contribution in [3.05, 3.63) is 76.7 Å². The van der Waals surface area contributed by atoms with Crippen molar-refractivity contribution in [2.75, 3.05) is 18.4 Å². The quantitative estimate of drug-likeness (QED) is 0.483. The molecule has 4 rings (SSSR count). The van der Waals surface area contributed by atoms with Gasteiger partial charge < -0.3 is 15.1 Å². The van der Waals surface area contributed by atoms with Crippen LogP contribution in [0.25, 0.3) is 16.8 Å². The summed E-state index contributed by atoms with van der Waals surface area (Å²) in [6.07, 6.45) is 3.26. The summed E-state index contributed by atoms with van der Waals surface area (Å²) in [7, 11) is 0. The van der Waals surface area contributed by atoms with Crippen molar-refractivity contribution in [1.29, 1.82) is 0 Å². The Morgan fingerprint density at radius 3 is 2.83 bits per heavy atom. The van der Waals surface area contributed by atoms with Crippen LogP contribution in [0.3, 0.4) is 0 Å². The van der Waals surface area contributed by atoms with Gasteiger partial charge in [0.25, 0.3) is 5.91 Å². The van der Waals surface area contributed by atoms with Crippen LogP contribution in [0.1, 0.15) is 16.2 Å². The summed E-state index contributed by atoms with van der Waals surface area (Å²) in [5.74, 6) is 0.768. The number of hydrogen-bond donors (Lipinski definition) is 2. The molecule has 2 N–H and O–H groups in total. The van der Waals surface area contributed by atoms with Gasteiger partial charge in [0.05, 0.1) is 11.1 Å². The molecule has 0 aliphatic rings. The predicted molar refractivity (Wildman–Crippen MR) is 107 cm³/mol. The summed E-state index contributed by atoms with van der Waals surface area (Å²) in [5, 5.41) is 10.6. The number of para-hydroxylation sites is 1. The molecule has 3 heterocycles. The highest BCUT2D eigenvalue weighted by molar-refractivity contribution is 5.93. The number of anilines is 1. The Bertz CT molecular complexity index is 1230. The normalized spacial score (nSPS) is 10.8. The fourth-order valence-electron chi connectivity index (χ4n) is 2.78. The number of nitrogens with one attached hydrogen (secondary N) is 2. The number of fused-ring (bicyclic) bond motifs is 1. The van der Waals surface area contributed by atoms with E-state index in [1.807, 2.05) is 19.2 Å². The van der Waals surface area contributed by atoms with Crippen LogP contribution in [0.5, 0.6) is 0 Å². The maximum Gasteiger partial charge on any atom is 0.287 e. The van der Waals surface area contributed by atoms with Gasteiger partial charge in [-0.1, -0.05) is 12.1 Å². The molecule has 0 spiro atoms. The number of hydrogen-bond acceptors (Lipinski definition) is 7. The van der Waals surface area contributed by atoms with Gasteiger partial charge in [0.15, 0.2) is 17.0 Å². The van der Waals surface area contributed by atoms with Crippen molar-refractivity contribution in [3.63, 3.8) is 0 Å². The molecule has 1 aromatic carbocycles. The van der Waals surface area contributed by atoms with E-state index in [0.717, 1.165) is 5.69 Å². The average Bonchev–Trinajstić information content (AvgIpc) is 3.17. The number of aromatic nitrogens is 4. The monoisotopic (exact) mass is 390 g/mol. The van der Waals surface area contributed by atoms with Gasteiger partial charge in [-0.2, -0.15) is 5.10 Å². The van der Waals surface area contributed by atoms with Gasteiger partial charge in [-0.15, -0.1) is 0 Å². The molecule has 0 aliphatic carbocycles. The van der Waals surface area contributed by atoms with Gasteiger partial charge in [-0.3, -0.25) is 9.59 Å². The summed E-state index contributed by atoms with van der Waals surface area (Å²) < 4.78 is 7.18. The first-order valence-electron chi connectivity index (χ1n) is 9.00. The van der Waals surface area contributed by atoms with Crippen LogP contribution in [-0.4, -0.2) is 38.7 Å². The number of carbonyl (C=O) groups is 1. The third kappa shape index (κ3) is 4.13. The predicted octanol–water partition coefficient (Wildman–Crippen LogP) is 1.92. The molecule has 0 fully saturated rings. The average molecular weight is 390 g/mol. The fourth-order valence-corrected chi connectivity index (χ4v) is 2.78. The van der Waals surface area contributed by atoms with Crippen molar-refractivity contribution < 1.29 is 9.21 Å². The number of aryl methyl sites for hydroxylation is 1. The van der Waals surface area contributed by atoms with E-state index in [2.05, 4.69) is 25.7 Å². The first-order chi connectivity index (χ1) is 14.1. The van der Waals surface area contributed by atoms with E-state index in [0.29, 0.717) is 35.7 Å². The lowest BCUT2D eigenvalue weighted by Gasteiger charge is -2.08. The van der Waals surface area contributed by atoms with Crippen LogP contribution < -0.4 is 16.1 Å². The SMILES string of the molecule is Cc1ccn(-c2cc(NCCNC(=O)c3cc(=O)c4ccccc4o3)ncn2)n1. The molecule has 146 valence electrons. The first-order valence-corrected chi connectivity index (χ1v) is 9.00. The van der Waals surface area contributed by atoms with E-state index >= 15 is 0 Å². The minimum absolute atomic E-state index is 0.0212. The van der Waals surface area contributed by atoms with Crippen molar-refractivity contribution in [2.24, 2.45) is 0 Å². The number of nitrogens with zero attached hydrogens (tertiary/aromatic N) is 4. The Morgan fingerprint density at radius 2 is 2.00 bits per heavy atom. The van der Waals surface area contributed by atoms with E-state index in [4.69, 9.17) is 4.42 Å². The first kappa shape index (κ1) is 18.4. The molecule has 4 aromatic rings. The second-order valence-corrected chi connectivity index (χ2v) is 6.32. The van der Waals surface area contributed by atoms with Gasteiger partial charge in [0, 0.05) is 31.4 Å². The number of benzene rings is 1. The summed E-state index contributed by atoms with van der Waals surface area (Å²) in [5.41, 5.74) is 1.02. The molecule has 0 radical (unpaired) electrons. The van der Waals surface area contributed by atoms with E-state index in [-0.39, 0.29) is 11.2 Å². The number of carbonyl (C=O) groups excluding carboxylic acids is 1. The smallest absolute Gasteiger partial charge is 0.287 e. The molecule has 1 amide bonds. The summed E-state index contributed by atoms with van der Waals surface area (Å²) >= 11 is 0. The maximum absolute atomic E-state index is 12.3. The van der Waals surface area contributed by atoms with Gasteiger partial charge >= 0.3 is 0 Å². The lowest BCUT2D eigenvalue weighted by molar-refractivity contribution is 0.0928. The molecule has 3 aromatic heterocycles. The molecule has 9 nitrogen and oxygen atoms in total. The van der Waals surface area contributed by atoms with Gasteiger partial charge in [0.2, 0.25) is 0 Å². The second-order valence-electron chi connectivity index (χ2n) is 6.32. The van der Waals surface area contributed by atoms with Gasteiger partial charge in [-0.25, -0.2) is 14.6 Å². The Labute approximate surface area is 165 Å². The van der Waals surface area contributed by atoms with Crippen molar-refractivity contribution in [2.45, 2.75) is 6.92 Å².